The number of hydrogen-bond donors (Lipinski definition) is 2. The van der Waals surface area contributed by atoms with Crippen LogP contribution < -0.4 is 10.5 Å². The van der Waals surface area contributed by atoms with Crippen LogP contribution in [0.4, 0.5) is 5.69 Å². The van der Waals surface area contributed by atoms with Gasteiger partial charge in [0.15, 0.2) is 0 Å². The number of anilines is 1. The maximum atomic E-state index is 12.6. The quantitative estimate of drug-likeness (QED) is 0.850. The van der Waals surface area contributed by atoms with E-state index in [2.05, 4.69) is 4.72 Å². The van der Waals surface area contributed by atoms with Crippen molar-refractivity contribution in [3.8, 4) is 0 Å². The molecular weight excluding hydrogens is 304 g/mol. The Bertz CT molecular complexity index is 799. The van der Waals surface area contributed by atoms with Crippen LogP contribution >= 0.6 is 12.2 Å². The van der Waals surface area contributed by atoms with Crippen LogP contribution in [0.3, 0.4) is 0 Å². The Kier molecular flexibility index (Phi) is 4.29. The van der Waals surface area contributed by atoms with Gasteiger partial charge in [0.1, 0.15) is 4.99 Å². The predicted octanol–water partition coefficient (Wildman–Crippen LogP) is 2.74. The van der Waals surface area contributed by atoms with Gasteiger partial charge >= 0.3 is 0 Å². The molecule has 0 amide bonds. The van der Waals surface area contributed by atoms with E-state index in [1.54, 1.807) is 30.3 Å². The molecule has 2 rings (SSSR count). The Labute approximate surface area is 130 Å². The SMILES string of the molecule is Cc1cccc(NS(=O)(=O)c2ccccc2C(N)=S)c1C. The summed E-state index contributed by atoms with van der Waals surface area (Å²) in [6.07, 6.45) is 0. The molecule has 0 heterocycles. The fourth-order valence-electron chi connectivity index (χ4n) is 1.97. The Morgan fingerprint density at radius 3 is 2.43 bits per heavy atom. The van der Waals surface area contributed by atoms with Crippen LogP contribution in [0.1, 0.15) is 16.7 Å². The molecule has 0 aliphatic heterocycles. The number of benzene rings is 2. The van der Waals surface area contributed by atoms with Gasteiger partial charge in [-0.3, -0.25) is 4.72 Å². The van der Waals surface area contributed by atoms with E-state index in [1.807, 2.05) is 19.9 Å². The first-order chi connectivity index (χ1) is 9.83. The Morgan fingerprint density at radius 1 is 1.10 bits per heavy atom. The zero-order valence-electron chi connectivity index (χ0n) is 11.8. The maximum Gasteiger partial charge on any atom is 0.262 e. The highest BCUT2D eigenvalue weighted by molar-refractivity contribution is 7.93. The number of nitrogens with two attached hydrogens (primary N) is 1. The first-order valence-electron chi connectivity index (χ1n) is 6.31. The van der Waals surface area contributed by atoms with Crippen molar-refractivity contribution >= 4 is 32.9 Å². The van der Waals surface area contributed by atoms with Crippen LogP contribution in [0.25, 0.3) is 0 Å². The molecule has 2 aromatic rings. The number of sulfonamides is 1. The normalized spacial score (nSPS) is 11.1. The van der Waals surface area contributed by atoms with Gasteiger partial charge < -0.3 is 5.73 Å². The van der Waals surface area contributed by atoms with Gasteiger partial charge in [-0.25, -0.2) is 8.42 Å². The fourth-order valence-corrected chi connectivity index (χ4v) is 3.55. The van der Waals surface area contributed by atoms with Crippen LogP contribution in [0.2, 0.25) is 0 Å². The van der Waals surface area contributed by atoms with E-state index >= 15 is 0 Å². The van der Waals surface area contributed by atoms with Gasteiger partial charge in [0.2, 0.25) is 0 Å². The third-order valence-corrected chi connectivity index (χ3v) is 4.93. The molecule has 3 N–H and O–H groups in total. The lowest BCUT2D eigenvalue weighted by Crippen LogP contribution is -2.20. The molecule has 0 fully saturated rings. The molecular formula is C15H16N2O2S2. The molecule has 0 saturated heterocycles. The molecule has 0 radical (unpaired) electrons. The largest absolute Gasteiger partial charge is 0.389 e. The van der Waals surface area contributed by atoms with Crippen molar-refractivity contribution in [3.63, 3.8) is 0 Å². The number of thiocarbonyl (C=S) groups is 1. The summed E-state index contributed by atoms with van der Waals surface area (Å²) in [5, 5.41) is 0. The van der Waals surface area contributed by atoms with Gasteiger partial charge in [0, 0.05) is 5.56 Å². The minimum atomic E-state index is -3.75. The summed E-state index contributed by atoms with van der Waals surface area (Å²) in [5.74, 6) is 0. The summed E-state index contributed by atoms with van der Waals surface area (Å²) in [7, 11) is -3.75. The number of rotatable bonds is 4. The molecule has 0 unspecified atom stereocenters. The zero-order valence-corrected chi connectivity index (χ0v) is 13.4. The topological polar surface area (TPSA) is 72.2 Å². The van der Waals surface area contributed by atoms with Gasteiger partial charge in [-0.1, -0.05) is 42.5 Å². The molecule has 0 aliphatic rings. The van der Waals surface area contributed by atoms with Gasteiger partial charge in [-0.05, 0) is 37.1 Å². The Hall–Kier alpha value is -1.92. The van der Waals surface area contributed by atoms with Crippen molar-refractivity contribution in [2.45, 2.75) is 18.7 Å². The Balaban J connectivity index is 2.49. The van der Waals surface area contributed by atoms with Crippen molar-refractivity contribution in [3.05, 3.63) is 59.2 Å². The van der Waals surface area contributed by atoms with Gasteiger partial charge in [-0.2, -0.15) is 0 Å². The molecule has 6 heteroatoms. The zero-order chi connectivity index (χ0) is 15.6. The molecule has 2 aromatic carbocycles. The lowest BCUT2D eigenvalue weighted by molar-refractivity contribution is 0.601. The molecule has 110 valence electrons. The highest BCUT2D eigenvalue weighted by Crippen LogP contribution is 2.23. The summed E-state index contributed by atoms with van der Waals surface area (Å²) in [6.45, 7) is 3.79. The minimum Gasteiger partial charge on any atom is -0.389 e. The van der Waals surface area contributed by atoms with E-state index in [1.165, 1.54) is 6.07 Å². The average Bonchev–Trinajstić information content (AvgIpc) is 2.44. The molecule has 0 bridgehead atoms. The second-order valence-electron chi connectivity index (χ2n) is 4.71. The number of hydrogen-bond acceptors (Lipinski definition) is 3. The first kappa shape index (κ1) is 15.5. The highest BCUT2D eigenvalue weighted by Gasteiger charge is 2.20. The van der Waals surface area contributed by atoms with Crippen LogP contribution in [-0.2, 0) is 10.0 Å². The van der Waals surface area contributed by atoms with Crippen molar-refractivity contribution < 1.29 is 8.42 Å². The van der Waals surface area contributed by atoms with E-state index in [0.717, 1.165) is 11.1 Å². The summed E-state index contributed by atoms with van der Waals surface area (Å²) < 4.78 is 27.7. The lowest BCUT2D eigenvalue weighted by Gasteiger charge is -2.14. The average molecular weight is 320 g/mol. The summed E-state index contributed by atoms with van der Waals surface area (Å²) in [4.78, 5) is 0.135. The van der Waals surface area contributed by atoms with E-state index in [9.17, 15) is 8.42 Å². The number of aryl methyl sites for hydroxylation is 1. The smallest absolute Gasteiger partial charge is 0.262 e. The second-order valence-corrected chi connectivity index (χ2v) is 6.80. The molecule has 0 spiro atoms. The third-order valence-electron chi connectivity index (χ3n) is 3.29. The van der Waals surface area contributed by atoms with Crippen molar-refractivity contribution in [1.82, 2.24) is 0 Å². The monoisotopic (exact) mass is 320 g/mol. The summed E-state index contributed by atoms with van der Waals surface area (Å²) >= 11 is 4.92. The van der Waals surface area contributed by atoms with Crippen LogP contribution in [0.15, 0.2) is 47.4 Å². The van der Waals surface area contributed by atoms with Crippen LogP contribution in [0.5, 0.6) is 0 Å². The lowest BCUT2D eigenvalue weighted by atomic mass is 10.1. The summed E-state index contributed by atoms with van der Waals surface area (Å²) in [6, 6.07) is 11.9. The molecule has 0 atom stereocenters. The molecule has 4 nitrogen and oxygen atoms in total. The third kappa shape index (κ3) is 3.22. The second kappa shape index (κ2) is 5.83. The van der Waals surface area contributed by atoms with E-state index in [-0.39, 0.29) is 9.88 Å². The van der Waals surface area contributed by atoms with Crippen LogP contribution in [0, 0.1) is 13.8 Å². The minimum absolute atomic E-state index is 0.0527. The molecule has 21 heavy (non-hydrogen) atoms. The highest BCUT2D eigenvalue weighted by atomic mass is 32.2. The first-order valence-corrected chi connectivity index (χ1v) is 8.20. The number of nitrogens with one attached hydrogen (secondary N) is 1. The molecule has 0 aromatic heterocycles. The van der Waals surface area contributed by atoms with Crippen molar-refractivity contribution in [2.24, 2.45) is 5.73 Å². The van der Waals surface area contributed by atoms with Crippen LogP contribution in [-0.4, -0.2) is 13.4 Å². The van der Waals surface area contributed by atoms with E-state index in [4.69, 9.17) is 18.0 Å². The van der Waals surface area contributed by atoms with Gasteiger partial charge in [-0.15, -0.1) is 0 Å². The maximum absolute atomic E-state index is 12.6. The standard InChI is InChI=1S/C15H16N2O2S2/c1-10-6-5-8-13(11(10)2)17-21(18,19)14-9-4-3-7-12(14)15(16)20/h3-9,17H,1-2H3,(H2,16,20). The van der Waals surface area contributed by atoms with Crippen molar-refractivity contribution in [2.75, 3.05) is 4.72 Å². The predicted molar refractivity (Wildman–Crippen MR) is 89.1 cm³/mol. The van der Waals surface area contributed by atoms with E-state index < -0.39 is 10.0 Å². The Morgan fingerprint density at radius 2 is 1.76 bits per heavy atom. The molecule has 0 aliphatic carbocycles. The van der Waals surface area contributed by atoms with Gasteiger partial charge in [0.25, 0.3) is 10.0 Å². The fraction of sp³-hybridized carbons (Fsp3) is 0.133. The molecule has 0 saturated carbocycles. The van der Waals surface area contributed by atoms with E-state index in [0.29, 0.717) is 11.3 Å². The van der Waals surface area contributed by atoms with Gasteiger partial charge in [0.05, 0.1) is 10.6 Å². The summed E-state index contributed by atoms with van der Waals surface area (Å²) in [5.41, 5.74) is 8.38. The van der Waals surface area contributed by atoms with Crippen molar-refractivity contribution in [1.29, 1.82) is 0 Å².